The summed E-state index contributed by atoms with van der Waals surface area (Å²) < 4.78 is 0. The van der Waals surface area contributed by atoms with Gasteiger partial charge in [-0.1, -0.05) is 35.4 Å². The molecule has 0 radical (unpaired) electrons. The second kappa shape index (κ2) is 3.52. The first-order valence-electron chi connectivity index (χ1n) is 6.19. The van der Waals surface area contributed by atoms with E-state index in [4.69, 9.17) is 28.2 Å². The zero-order chi connectivity index (χ0) is 12.4. The van der Waals surface area contributed by atoms with Crippen LogP contribution in [0.5, 0.6) is 0 Å². The Morgan fingerprint density at radius 2 is 2.11 bits per heavy atom. The molecule has 0 spiro atoms. The third-order valence-electron chi connectivity index (χ3n) is 4.16. The Morgan fingerprint density at radius 3 is 2.94 bits per heavy atom. The molecule has 0 aromatic heterocycles. The first-order valence-corrected chi connectivity index (χ1v) is 6.95. The van der Waals surface area contributed by atoms with Crippen molar-refractivity contribution in [2.75, 3.05) is 0 Å². The highest BCUT2D eigenvalue weighted by atomic mass is 35.5. The number of halogens is 2. The van der Waals surface area contributed by atoms with Gasteiger partial charge in [-0.05, 0) is 25.5 Å². The van der Waals surface area contributed by atoms with Crippen molar-refractivity contribution in [2.24, 2.45) is 10.9 Å². The molecule has 3 atom stereocenters. The minimum atomic E-state index is 0.275. The Labute approximate surface area is 116 Å². The maximum atomic E-state index is 6.34. The van der Waals surface area contributed by atoms with Crippen molar-refractivity contribution in [1.82, 2.24) is 4.90 Å². The van der Waals surface area contributed by atoms with Crippen LogP contribution in [0.4, 0.5) is 5.69 Å². The van der Waals surface area contributed by atoms with Gasteiger partial charge in [0.2, 0.25) is 0 Å². The predicted molar refractivity (Wildman–Crippen MR) is 74.8 cm³/mol. The molecular formula is C14H12Cl2N2. The van der Waals surface area contributed by atoms with Crippen molar-refractivity contribution in [3.05, 3.63) is 39.9 Å². The van der Waals surface area contributed by atoms with Gasteiger partial charge in [-0.3, -0.25) is 0 Å². The molecule has 4 rings (SSSR count). The van der Waals surface area contributed by atoms with E-state index >= 15 is 0 Å². The quantitative estimate of drug-likeness (QED) is 0.644. The fourth-order valence-corrected chi connectivity index (χ4v) is 4.05. The summed E-state index contributed by atoms with van der Waals surface area (Å²) in [4.78, 5) is 7.18. The summed E-state index contributed by atoms with van der Waals surface area (Å²) in [6, 6.07) is 4.49. The third kappa shape index (κ3) is 1.28. The van der Waals surface area contributed by atoms with Gasteiger partial charge >= 0.3 is 0 Å². The molecule has 1 saturated heterocycles. The molecule has 1 aromatic rings. The van der Waals surface area contributed by atoms with Crippen molar-refractivity contribution in [3.63, 3.8) is 0 Å². The van der Waals surface area contributed by atoms with Gasteiger partial charge < -0.3 is 4.90 Å². The van der Waals surface area contributed by atoms with Crippen molar-refractivity contribution >= 4 is 34.7 Å². The molecule has 2 bridgehead atoms. The molecule has 2 aliphatic heterocycles. The van der Waals surface area contributed by atoms with E-state index in [2.05, 4.69) is 24.0 Å². The van der Waals surface area contributed by atoms with E-state index in [-0.39, 0.29) is 6.04 Å². The number of aliphatic imine (C=N–C) groups is 1. The molecule has 1 fully saturated rings. The molecule has 0 saturated carbocycles. The van der Waals surface area contributed by atoms with Gasteiger partial charge in [0.05, 0.1) is 17.8 Å². The van der Waals surface area contributed by atoms with Crippen molar-refractivity contribution in [1.29, 1.82) is 0 Å². The monoisotopic (exact) mass is 278 g/mol. The molecule has 18 heavy (non-hydrogen) atoms. The lowest BCUT2D eigenvalue weighted by Gasteiger charge is -2.37. The lowest BCUT2D eigenvalue weighted by Crippen LogP contribution is -2.39. The van der Waals surface area contributed by atoms with Gasteiger partial charge in [-0.25, -0.2) is 4.99 Å². The van der Waals surface area contributed by atoms with Crippen molar-refractivity contribution in [2.45, 2.75) is 25.4 Å². The van der Waals surface area contributed by atoms with Gasteiger partial charge in [0, 0.05) is 21.5 Å². The lowest BCUT2D eigenvalue weighted by atomic mass is 10.00. The molecule has 92 valence electrons. The molecular weight excluding hydrogens is 267 g/mol. The van der Waals surface area contributed by atoms with E-state index in [0.29, 0.717) is 17.0 Å². The Morgan fingerprint density at radius 1 is 1.28 bits per heavy atom. The molecule has 0 N–H and O–H groups in total. The minimum Gasteiger partial charge on any atom is -0.346 e. The highest BCUT2D eigenvalue weighted by Crippen LogP contribution is 2.48. The number of hydrogen-bond acceptors (Lipinski definition) is 2. The number of nitrogens with zero attached hydrogens (tertiary/aromatic N) is 2. The van der Waals surface area contributed by atoms with E-state index in [1.165, 1.54) is 5.84 Å². The van der Waals surface area contributed by atoms with Gasteiger partial charge in [-0.2, -0.15) is 0 Å². The summed E-state index contributed by atoms with van der Waals surface area (Å²) in [5.74, 6) is 1.66. The van der Waals surface area contributed by atoms with Crippen LogP contribution in [0.2, 0.25) is 10.0 Å². The van der Waals surface area contributed by atoms with Gasteiger partial charge in [0.1, 0.15) is 5.84 Å². The predicted octanol–water partition coefficient (Wildman–Crippen LogP) is 4.36. The molecule has 2 nitrogen and oxygen atoms in total. The average Bonchev–Trinajstić information content (AvgIpc) is 2.88. The lowest BCUT2D eigenvalue weighted by molar-refractivity contribution is 0.308. The molecule has 1 aliphatic carbocycles. The van der Waals surface area contributed by atoms with E-state index in [1.54, 1.807) is 0 Å². The van der Waals surface area contributed by atoms with Crippen LogP contribution < -0.4 is 0 Å². The SMILES string of the molecule is CC1c2c(Cl)cc(Cl)cc2N=C2C3C=CC(C3)N21. The Bertz CT molecular complexity index is 606. The van der Waals surface area contributed by atoms with E-state index < -0.39 is 0 Å². The summed E-state index contributed by atoms with van der Waals surface area (Å²) in [7, 11) is 0. The smallest absolute Gasteiger partial charge is 0.113 e. The van der Waals surface area contributed by atoms with Crippen LogP contribution in [0.15, 0.2) is 29.3 Å². The minimum absolute atomic E-state index is 0.275. The standard InChI is InChI=1S/C14H12Cl2N2/c1-7-13-11(16)5-9(15)6-12(13)17-14-8-2-3-10(4-8)18(7)14/h2-3,5-8,10H,4H2,1H3. The maximum absolute atomic E-state index is 6.34. The first kappa shape index (κ1) is 10.9. The largest absolute Gasteiger partial charge is 0.346 e. The maximum Gasteiger partial charge on any atom is 0.113 e. The summed E-state index contributed by atoms with van der Waals surface area (Å²) in [5, 5.41) is 1.38. The fourth-order valence-electron chi connectivity index (χ4n) is 3.40. The van der Waals surface area contributed by atoms with Gasteiger partial charge in [0.25, 0.3) is 0 Å². The first-order chi connectivity index (χ1) is 8.65. The van der Waals surface area contributed by atoms with Crippen LogP contribution in [0.3, 0.4) is 0 Å². The Balaban J connectivity index is 1.95. The summed E-state index contributed by atoms with van der Waals surface area (Å²) >= 11 is 12.4. The zero-order valence-corrected chi connectivity index (χ0v) is 11.4. The third-order valence-corrected chi connectivity index (χ3v) is 4.69. The normalized spacial score (nSPS) is 31.4. The molecule has 0 amide bonds. The van der Waals surface area contributed by atoms with Crippen LogP contribution in [0, 0.1) is 5.92 Å². The zero-order valence-electron chi connectivity index (χ0n) is 9.90. The van der Waals surface area contributed by atoms with E-state index in [0.717, 1.165) is 22.7 Å². The summed E-state index contributed by atoms with van der Waals surface area (Å²) in [6.07, 6.45) is 5.71. The summed E-state index contributed by atoms with van der Waals surface area (Å²) in [5.41, 5.74) is 2.04. The van der Waals surface area contributed by atoms with E-state index in [1.807, 2.05) is 12.1 Å². The number of rotatable bonds is 0. The molecule has 1 aromatic carbocycles. The number of fused-ring (bicyclic) bond motifs is 6. The van der Waals surface area contributed by atoms with Crippen LogP contribution in [-0.2, 0) is 0 Å². The van der Waals surface area contributed by atoms with Crippen LogP contribution in [0.1, 0.15) is 24.9 Å². The summed E-state index contributed by atoms with van der Waals surface area (Å²) in [6.45, 7) is 2.20. The molecule has 3 aliphatic rings. The Hall–Kier alpha value is -0.990. The second-order valence-corrected chi connectivity index (χ2v) is 6.01. The van der Waals surface area contributed by atoms with Gasteiger partial charge in [-0.15, -0.1) is 0 Å². The molecule has 2 heterocycles. The molecule has 4 heteroatoms. The van der Waals surface area contributed by atoms with Crippen LogP contribution in [0.25, 0.3) is 0 Å². The Kier molecular flexibility index (Phi) is 2.13. The van der Waals surface area contributed by atoms with Crippen LogP contribution in [-0.4, -0.2) is 16.8 Å². The fraction of sp³-hybridized carbons (Fsp3) is 0.357. The van der Waals surface area contributed by atoms with Crippen molar-refractivity contribution < 1.29 is 0 Å². The van der Waals surface area contributed by atoms with Gasteiger partial charge in [0.15, 0.2) is 0 Å². The van der Waals surface area contributed by atoms with E-state index in [9.17, 15) is 0 Å². The topological polar surface area (TPSA) is 15.6 Å². The average molecular weight is 279 g/mol. The highest BCUT2D eigenvalue weighted by Gasteiger charge is 2.44. The molecule has 3 unspecified atom stereocenters. The highest BCUT2D eigenvalue weighted by molar-refractivity contribution is 6.35. The number of hydrogen-bond donors (Lipinski definition) is 0. The number of benzene rings is 1. The van der Waals surface area contributed by atoms with Crippen LogP contribution >= 0.6 is 23.2 Å². The second-order valence-electron chi connectivity index (χ2n) is 5.17. The van der Waals surface area contributed by atoms with Crippen molar-refractivity contribution in [3.8, 4) is 0 Å². The number of amidine groups is 1.